The number of rotatable bonds is 3. The molecular formula is C11H11N3. The molecule has 0 radical (unpaired) electrons. The molecule has 0 aliphatic rings. The number of nitriles is 2. The summed E-state index contributed by atoms with van der Waals surface area (Å²) < 4.78 is 0. The van der Waals surface area contributed by atoms with Crippen LogP contribution in [-0.4, -0.2) is 6.54 Å². The van der Waals surface area contributed by atoms with Crippen LogP contribution >= 0.6 is 0 Å². The molecule has 0 fully saturated rings. The average Bonchev–Trinajstić information content (AvgIpc) is 2.19. The molecule has 70 valence electrons. The van der Waals surface area contributed by atoms with Gasteiger partial charge in [-0.25, -0.2) is 0 Å². The molecule has 1 N–H and O–H groups in total. The topological polar surface area (TPSA) is 59.6 Å². The molecule has 14 heavy (non-hydrogen) atoms. The molecule has 1 rings (SSSR count). The van der Waals surface area contributed by atoms with Gasteiger partial charge in [-0.15, -0.1) is 0 Å². The van der Waals surface area contributed by atoms with Gasteiger partial charge in [0.1, 0.15) is 6.07 Å². The lowest BCUT2D eigenvalue weighted by Gasteiger charge is -2.06. The largest absolute Gasteiger partial charge is 0.383 e. The fourth-order valence-electron chi connectivity index (χ4n) is 1.15. The molecule has 0 aliphatic heterocycles. The minimum absolute atomic E-state index is 0.443. The molecule has 0 spiro atoms. The second-order valence-corrected chi connectivity index (χ2v) is 3.00. The van der Waals surface area contributed by atoms with Crippen molar-refractivity contribution < 1.29 is 0 Å². The lowest BCUT2D eigenvalue weighted by Crippen LogP contribution is -2.02. The second kappa shape index (κ2) is 4.89. The Morgan fingerprint density at radius 2 is 2.14 bits per heavy atom. The van der Waals surface area contributed by atoms with E-state index >= 15 is 0 Å². The first-order valence-electron chi connectivity index (χ1n) is 4.39. The van der Waals surface area contributed by atoms with Gasteiger partial charge in [0.2, 0.25) is 0 Å². The number of hydrogen-bond acceptors (Lipinski definition) is 3. The normalized spacial score (nSPS) is 8.79. The second-order valence-electron chi connectivity index (χ2n) is 3.00. The molecule has 3 nitrogen and oxygen atoms in total. The van der Waals surface area contributed by atoms with E-state index in [-0.39, 0.29) is 0 Å². The number of hydrogen-bond donors (Lipinski definition) is 1. The zero-order valence-corrected chi connectivity index (χ0v) is 8.04. The van der Waals surface area contributed by atoms with Crippen LogP contribution < -0.4 is 5.32 Å². The Bertz CT molecular complexity index is 396. The van der Waals surface area contributed by atoms with E-state index in [2.05, 4.69) is 11.4 Å². The van der Waals surface area contributed by atoms with E-state index in [1.165, 1.54) is 0 Å². The fraction of sp³-hybridized carbons (Fsp3) is 0.273. The van der Waals surface area contributed by atoms with Gasteiger partial charge in [0.15, 0.2) is 0 Å². The standard InChI is InChI=1S/C11H11N3/c1-9-3-4-10(8-13)11(7-9)14-6-2-5-12/h3-4,7,14H,2,6H2,1H3. The Morgan fingerprint density at radius 3 is 2.79 bits per heavy atom. The van der Waals surface area contributed by atoms with E-state index in [4.69, 9.17) is 10.5 Å². The number of anilines is 1. The van der Waals surface area contributed by atoms with Crippen molar-refractivity contribution >= 4 is 5.69 Å². The van der Waals surface area contributed by atoms with E-state index in [1.807, 2.05) is 25.1 Å². The molecule has 0 saturated heterocycles. The molecule has 1 aromatic carbocycles. The van der Waals surface area contributed by atoms with Crippen LogP contribution in [0.25, 0.3) is 0 Å². The van der Waals surface area contributed by atoms with Crippen molar-refractivity contribution in [3.05, 3.63) is 29.3 Å². The van der Waals surface area contributed by atoms with E-state index in [0.29, 0.717) is 18.5 Å². The molecule has 0 bridgehead atoms. The van der Waals surface area contributed by atoms with Gasteiger partial charge in [-0.05, 0) is 24.6 Å². The first-order chi connectivity index (χ1) is 6.77. The highest BCUT2D eigenvalue weighted by Gasteiger charge is 2.00. The molecule has 1 aromatic rings. The monoisotopic (exact) mass is 185 g/mol. The zero-order chi connectivity index (χ0) is 10.4. The average molecular weight is 185 g/mol. The van der Waals surface area contributed by atoms with Crippen molar-refractivity contribution in [3.63, 3.8) is 0 Å². The Labute approximate surface area is 83.6 Å². The summed E-state index contributed by atoms with van der Waals surface area (Å²) in [6, 6.07) is 9.74. The number of nitrogens with zero attached hydrogens (tertiary/aromatic N) is 2. The summed E-state index contributed by atoms with van der Waals surface area (Å²) in [6.07, 6.45) is 0.443. The molecule has 0 aliphatic carbocycles. The predicted octanol–water partition coefficient (Wildman–Crippen LogP) is 2.19. The van der Waals surface area contributed by atoms with E-state index in [0.717, 1.165) is 11.3 Å². The van der Waals surface area contributed by atoms with Crippen molar-refractivity contribution in [2.45, 2.75) is 13.3 Å². The van der Waals surface area contributed by atoms with Crippen LogP contribution in [0.1, 0.15) is 17.5 Å². The first kappa shape index (κ1) is 10.1. The zero-order valence-electron chi connectivity index (χ0n) is 8.04. The van der Waals surface area contributed by atoms with Crippen molar-refractivity contribution in [1.82, 2.24) is 0 Å². The third-order valence-corrected chi connectivity index (χ3v) is 1.85. The number of benzene rings is 1. The Morgan fingerprint density at radius 1 is 1.36 bits per heavy atom. The van der Waals surface area contributed by atoms with Crippen molar-refractivity contribution in [1.29, 1.82) is 10.5 Å². The lowest BCUT2D eigenvalue weighted by molar-refractivity contribution is 1.07. The molecule has 0 atom stereocenters. The third-order valence-electron chi connectivity index (χ3n) is 1.85. The molecule has 0 saturated carbocycles. The highest BCUT2D eigenvalue weighted by Crippen LogP contribution is 2.16. The van der Waals surface area contributed by atoms with Crippen molar-refractivity contribution in [2.24, 2.45) is 0 Å². The number of nitrogens with one attached hydrogen (secondary N) is 1. The SMILES string of the molecule is Cc1ccc(C#N)c(NCCC#N)c1. The molecule has 0 heterocycles. The quantitative estimate of drug-likeness (QED) is 0.734. The lowest BCUT2D eigenvalue weighted by atomic mass is 10.1. The van der Waals surface area contributed by atoms with Crippen molar-refractivity contribution in [3.8, 4) is 12.1 Å². The highest BCUT2D eigenvalue weighted by atomic mass is 14.9. The third kappa shape index (κ3) is 2.50. The first-order valence-corrected chi connectivity index (χ1v) is 4.39. The molecule has 3 heteroatoms. The van der Waals surface area contributed by atoms with Crippen LogP contribution in [0.5, 0.6) is 0 Å². The van der Waals surface area contributed by atoms with Crippen LogP contribution in [0.15, 0.2) is 18.2 Å². The Hall–Kier alpha value is -2.00. The maximum absolute atomic E-state index is 8.81. The van der Waals surface area contributed by atoms with Gasteiger partial charge in [0.25, 0.3) is 0 Å². The fourth-order valence-corrected chi connectivity index (χ4v) is 1.15. The maximum Gasteiger partial charge on any atom is 0.101 e. The maximum atomic E-state index is 8.81. The molecule has 0 amide bonds. The van der Waals surface area contributed by atoms with Crippen LogP contribution in [-0.2, 0) is 0 Å². The van der Waals surface area contributed by atoms with Crippen LogP contribution in [0.3, 0.4) is 0 Å². The van der Waals surface area contributed by atoms with Crippen molar-refractivity contribution in [2.75, 3.05) is 11.9 Å². The molecular weight excluding hydrogens is 174 g/mol. The van der Waals surface area contributed by atoms with E-state index in [1.54, 1.807) is 6.07 Å². The highest BCUT2D eigenvalue weighted by molar-refractivity contribution is 5.58. The molecule has 0 unspecified atom stereocenters. The van der Waals surface area contributed by atoms with Gasteiger partial charge in [0.05, 0.1) is 23.7 Å². The predicted molar refractivity (Wildman–Crippen MR) is 54.6 cm³/mol. The minimum atomic E-state index is 0.443. The summed E-state index contributed by atoms with van der Waals surface area (Å²) in [4.78, 5) is 0. The number of aryl methyl sites for hydroxylation is 1. The van der Waals surface area contributed by atoms with Gasteiger partial charge in [0, 0.05) is 6.54 Å². The summed E-state index contributed by atoms with van der Waals surface area (Å²) in [6.45, 7) is 2.55. The van der Waals surface area contributed by atoms with Gasteiger partial charge in [-0.3, -0.25) is 0 Å². The van der Waals surface area contributed by atoms with Crippen LogP contribution in [0.4, 0.5) is 5.69 Å². The van der Waals surface area contributed by atoms with Gasteiger partial charge in [-0.2, -0.15) is 10.5 Å². The smallest absolute Gasteiger partial charge is 0.101 e. The summed E-state index contributed by atoms with van der Waals surface area (Å²) in [7, 11) is 0. The summed E-state index contributed by atoms with van der Waals surface area (Å²) in [5, 5.41) is 20.2. The summed E-state index contributed by atoms with van der Waals surface area (Å²) in [5.74, 6) is 0. The Kier molecular flexibility index (Phi) is 3.52. The Balaban J connectivity index is 2.80. The van der Waals surface area contributed by atoms with Crippen LogP contribution in [0, 0.1) is 29.6 Å². The van der Waals surface area contributed by atoms with Crippen LogP contribution in [0.2, 0.25) is 0 Å². The molecule has 0 aromatic heterocycles. The summed E-state index contributed by atoms with van der Waals surface area (Å²) in [5.41, 5.74) is 2.53. The van der Waals surface area contributed by atoms with Gasteiger partial charge >= 0.3 is 0 Å². The van der Waals surface area contributed by atoms with E-state index < -0.39 is 0 Å². The van der Waals surface area contributed by atoms with E-state index in [9.17, 15) is 0 Å². The summed E-state index contributed by atoms with van der Waals surface area (Å²) >= 11 is 0. The van der Waals surface area contributed by atoms with Gasteiger partial charge in [-0.1, -0.05) is 6.07 Å². The van der Waals surface area contributed by atoms with Gasteiger partial charge < -0.3 is 5.32 Å². The minimum Gasteiger partial charge on any atom is -0.383 e.